The molecule has 0 spiro atoms. The van der Waals surface area contributed by atoms with Crippen LogP contribution in [0.5, 0.6) is 0 Å². The highest BCUT2D eigenvalue weighted by molar-refractivity contribution is 7.99. The zero-order valence-corrected chi connectivity index (χ0v) is 10.3. The highest BCUT2D eigenvalue weighted by Gasteiger charge is 2.06. The Morgan fingerprint density at radius 3 is 2.67 bits per heavy atom. The number of amidine groups is 1. The highest BCUT2D eigenvalue weighted by atomic mass is 32.2. The first-order chi connectivity index (χ1) is 7.00. The molecule has 0 aromatic heterocycles. The molecular formula is C12H18N2S. The summed E-state index contributed by atoms with van der Waals surface area (Å²) >= 11 is 1.77. The maximum atomic E-state index is 7.52. The van der Waals surface area contributed by atoms with Gasteiger partial charge in [-0.2, -0.15) is 0 Å². The van der Waals surface area contributed by atoms with E-state index in [0.717, 1.165) is 21.8 Å². The van der Waals surface area contributed by atoms with Crippen LogP contribution in [0, 0.1) is 18.3 Å². The van der Waals surface area contributed by atoms with Gasteiger partial charge in [0.1, 0.15) is 5.84 Å². The molecule has 1 aromatic rings. The van der Waals surface area contributed by atoms with Crippen LogP contribution in [0.15, 0.2) is 23.1 Å². The van der Waals surface area contributed by atoms with E-state index in [4.69, 9.17) is 11.1 Å². The lowest BCUT2D eigenvalue weighted by atomic mass is 10.1. The average Bonchev–Trinajstić information content (AvgIpc) is 2.15. The van der Waals surface area contributed by atoms with Gasteiger partial charge in [-0.15, -0.1) is 11.8 Å². The van der Waals surface area contributed by atoms with Crippen LogP contribution in [-0.2, 0) is 0 Å². The molecule has 0 radical (unpaired) electrons. The monoisotopic (exact) mass is 222 g/mol. The summed E-state index contributed by atoms with van der Waals surface area (Å²) in [6.07, 6.45) is 0. The predicted octanol–water partition coefficient (Wildman–Crippen LogP) is 3.03. The van der Waals surface area contributed by atoms with Gasteiger partial charge in [-0.05, 0) is 25.0 Å². The zero-order valence-electron chi connectivity index (χ0n) is 9.50. The second-order valence-electron chi connectivity index (χ2n) is 4.12. The third kappa shape index (κ3) is 3.59. The molecule has 0 unspecified atom stereocenters. The number of nitrogen functional groups attached to an aromatic ring is 1. The summed E-state index contributed by atoms with van der Waals surface area (Å²) in [6.45, 7) is 6.40. The quantitative estimate of drug-likeness (QED) is 0.467. The average molecular weight is 222 g/mol. The van der Waals surface area contributed by atoms with E-state index in [1.165, 1.54) is 0 Å². The van der Waals surface area contributed by atoms with Crippen molar-refractivity contribution in [3.05, 3.63) is 29.3 Å². The molecule has 0 aliphatic carbocycles. The second kappa shape index (κ2) is 5.21. The van der Waals surface area contributed by atoms with Crippen LogP contribution in [0.2, 0.25) is 0 Å². The molecule has 0 heterocycles. The van der Waals surface area contributed by atoms with Crippen molar-refractivity contribution in [2.45, 2.75) is 25.7 Å². The number of aryl methyl sites for hydroxylation is 1. The Morgan fingerprint density at radius 1 is 1.47 bits per heavy atom. The molecule has 0 saturated carbocycles. The van der Waals surface area contributed by atoms with E-state index in [1.807, 2.05) is 13.0 Å². The number of nitrogens with two attached hydrogens (primary N) is 1. The van der Waals surface area contributed by atoms with Crippen molar-refractivity contribution in [2.24, 2.45) is 11.7 Å². The number of nitrogens with one attached hydrogen (secondary N) is 1. The summed E-state index contributed by atoms with van der Waals surface area (Å²) in [5.74, 6) is 1.87. The zero-order chi connectivity index (χ0) is 11.4. The van der Waals surface area contributed by atoms with Gasteiger partial charge in [0.05, 0.1) is 0 Å². The van der Waals surface area contributed by atoms with Gasteiger partial charge in [-0.3, -0.25) is 5.41 Å². The molecule has 3 heteroatoms. The lowest BCUT2D eigenvalue weighted by molar-refractivity contribution is 0.750. The van der Waals surface area contributed by atoms with Crippen LogP contribution in [0.1, 0.15) is 25.0 Å². The van der Waals surface area contributed by atoms with E-state index in [1.54, 1.807) is 11.8 Å². The molecule has 0 saturated heterocycles. The van der Waals surface area contributed by atoms with Gasteiger partial charge in [0.2, 0.25) is 0 Å². The standard InChI is InChI=1S/C12H18N2S/c1-8(2)7-15-11-5-4-9(3)6-10(11)12(13)14/h4-6,8H,7H2,1-3H3,(H3,13,14). The summed E-state index contributed by atoms with van der Waals surface area (Å²) in [4.78, 5) is 1.11. The molecular weight excluding hydrogens is 204 g/mol. The number of rotatable bonds is 4. The van der Waals surface area contributed by atoms with Crippen molar-refractivity contribution < 1.29 is 0 Å². The first kappa shape index (κ1) is 12.1. The van der Waals surface area contributed by atoms with Crippen molar-refractivity contribution in [2.75, 3.05) is 5.75 Å². The van der Waals surface area contributed by atoms with Crippen molar-refractivity contribution in [3.63, 3.8) is 0 Å². The van der Waals surface area contributed by atoms with Crippen LogP contribution < -0.4 is 5.73 Å². The molecule has 1 rings (SSSR count). The smallest absolute Gasteiger partial charge is 0.123 e. The van der Waals surface area contributed by atoms with E-state index < -0.39 is 0 Å². The van der Waals surface area contributed by atoms with E-state index in [2.05, 4.69) is 26.0 Å². The van der Waals surface area contributed by atoms with Crippen molar-refractivity contribution >= 4 is 17.6 Å². The molecule has 82 valence electrons. The summed E-state index contributed by atoms with van der Waals surface area (Å²) in [7, 11) is 0. The Hall–Kier alpha value is -0.960. The molecule has 3 N–H and O–H groups in total. The van der Waals surface area contributed by atoms with Gasteiger partial charge in [-0.25, -0.2) is 0 Å². The van der Waals surface area contributed by atoms with Crippen LogP contribution >= 0.6 is 11.8 Å². The van der Waals surface area contributed by atoms with Gasteiger partial charge in [0.15, 0.2) is 0 Å². The van der Waals surface area contributed by atoms with Gasteiger partial charge < -0.3 is 5.73 Å². The van der Waals surface area contributed by atoms with E-state index in [-0.39, 0.29) is 5.84 Å². The Bertz CT molecular complexity index is 359. The molecule has 0 bridgehead atoms. The van der Waals surface area contributed by atoms with E-state index in [0.29, 0.717) is 5.92 Å². The first-order valence-electron chi connectivity index (χ1n) is 5.08. The minimum Gasteiger partial charge on any atom is -0.384 e. The number of hydrogen-bond acceptors (Lipinski definition) is 2. The highest BCUT2D eigenvalue weighted by Crippen LogP contribution is 2.25. The van der Waals surface area contributed by atoms with E-state index >= 15 is 0 Å². The normalized spacial score (nSPS) is 10.7. The minimum absolute atomic E-state index is 0.157. The van der Waals surface area contributed by atoms with Gasteiger partial charge in [0, 0.05) is 16.2 Å². The second-order valence-corrected chi connectivity index (χ2v) is 5.18. The van der Waals surface area contributed by atoms with Crippen LogP contribution in [0.3, 0.4) is 0 Å². The number of benzene rings is 1. The Labute approximate surface area is 95.8 Å². The largest absolute Gasteiger partial charge is 0.384 e. The van der Waals surface area contributed by atoms with E-state index in [9.17, 15) is 0 Å². The topological polar surface area (TPSA) is 49.9 Å². The summed E-state index contributed by atoms with van der Waals surface area (Å²) < 4.78 is 0. The first-order valence-corrected chi connectivity index (χ1v) is 6.07. The summed E-state index contributed by atoms with van der Waals surface area (Å²) in [6, 6.07) is 6.10. The molecule has 1 aromatic carbocycles. The number of thioether (sulfide) groups is 1. The lowest BCUT2D eigenvalue weighted by Gasteiger charge is -2.10. The van der Waals surface area contributed by atoms with Gasteiger partial charge >= 0.3 is 0 Å². The fourth-order valence-electron chi connectivity index (χ4n) is 1.24. The summed E-state index contributed by atoms with van der Waals surface area (Å²) in [5.41, 5.74) is 7.57. The van der Waals surface area contributed by atoms with Crippen LogP contribution in [0.4, 0.5) is 0 Å². The molecule has 2 nitrogen and oxygen atoms in total. The fraction of sp³-hybridized carbons (Fsp3) is 0.417. The van der Waals surface area contributed by atoms with Crippen LogP contribution in [-0.4, -0.2) is 11.6 Å². The van der Waals surface area contributed by atoms with Crippen molar-refractivity contribution in [3.8, 4) is 0 Å². The molecule has 0 fully saturated rings. The fourth-order valence-corrected chi connectivity index (χ4v) is 2.24. The van der Waals surface area contributed by atoms with Crippen molar-refractivity contribution in [1.29, 1.82) is 5.41 Å². The predicted molar refractivity (Wildman–Crippen MR) is 67.8 cm³/mol. The molecule has 15 heavy (non-hydrogen) atoms. The summed E-state index contributed by atoms with van der Waals surface area (Å²) in [5, 5.41) is 7.52. The maximum Gasteiger partial charge on any atom is 0.123 e. The molecule has 0 aliphatic rings. The molecule has 0 amide bonds. The third-order valence-electron chi connectivity index (χ3n) is 2.00. The Balaban J connectivity index is 2.91. The molecule has 0 aliphatic heterocycles. The SMILES string of the molecule is Cc1ccc(SCC(C)C)c(C(=N)N)c1. The minimum atomic E-state index is 0.157. The lowest BCUT2D eigenvalue weighted by Crippen LogP contribution is -2.12. The Morgan fingerprint density at radius 2 is 2.13 bits per heavy atom. The van der Waals surface area contributed by atoms with Crippen molar-refractivity contribution in [1.82, 2.24) is 0 Å². The Kier molecular flexibility index (Phi) is 4.21. The molecule has 0 atom stereocenters. The maximum absolute atomic E-state index is 7.52. The number of hydrogen-bond donors (Lipinski definition) is 2. The van der Waals surface area contributed by atoms with Crippen LogP contribution in [0.25, 0.3) is 0 Å². The van der Waals surface area contributed by atoms with Gasteiger partial charge in [-0.1, -0.05) is 25.5 Å². The van der Waals surface area contributed by atoms with Gasteiger partial charge in [0.25, 0.3) is 0 Å². The third-order valence-corrected chi connectivity index (χ3v) is 3.50.